The van der Waals surface area contributed by atoms with Crippen molar-refractivity contribution in [3.63, 3.8) is 0 Å². The van der Waals surface area contributed by atoms with Gasteiger partial charge in [0.05, 0.1) is 5.41 Å². The van der Waals surface area contributed by atoms with Gasteiger partial charge in [0.2, 0.25) is 15.9 Å². The van der Waals surface area contributed by atoms with E-state index < -0.39 is 26.5 Å². The molecule has 0 radical (unpaired) electrons. The molecule has 2 fully saturated rings. The molecule has 2 saturated heterocycles. The Labute approximate surface area is 206 Å². The third kappa shape index (κ3) is 5.14. The van der Waals surface area contributed by atoms with Crippen molar-refractivity contribution in [3.05, 3.63) is 71.0 Å². The molecule has 3 N–H and O–H groups in total. The fraction of sp³-hybridized carbons (Fsp3) is 0.500. The summed E-state index contributed by atoms with van der Waals surface area (Å²) in [6.45, 7) is 3.29. The van der Waals surface area contributed by atoms with E-state index in [9.17, 15) is 13.2 Å². The molecular formula is C26H34FN3O4S. The first-order valence-electron chi connectivity index (χ1n) is 12.2. The Kier molecular flexibility index (Phi) is 7.90. The fourth-order valence-corrected chi connectivity index (χ4v) is 7.40. The third-order valence-electron chi connectivity index (χ3n) is 7.34. The summed E-state index contributed by atoms with van der Waals surface area (Å²) >= 11 is 0. The predicted molar refractivity (Wildman–Crippen MR) is 133 cm³/mol. The first-order chi connectivity index (χ1) is 16.8. The quantitative estimate of drug-likeness (QED) is 0.605. The van der Waals surface area contributed by atoms with Gasteiger partial charge in [0.25, 0.3) is 0 Å². The molecule has 0 spiro atoms. The van der Waals surface area contributed by atoms with E-state index in [4.69, 9.17) is 10.5 Å². The predicted octanol–water partition coefficient (Wildman–Crippen LogP) is 3.00. The van der Waals surface area contributed by atoms with Gasteiger partial charge in [0.1, 0.15) is 11.1 Å². The van der Waals surface area contributed by atoms with E-state index in [1.165, 1.54) is 10.4 Å². The van der Waals surface area contributed by atoms with E-state index in [1.54, 1.807) is 12.1 Å². The van der Waals surface area contributed by atoms with E-state index in [1.807, 2.05) is 37.3 Å². The van der Waals surface area contributed by atoms with Gasteiger partial charge in [-0.15, -0.1) is 0 Å². The normalized spacial score (nSPS) is 24.1. The lowest BCUT2D eigenvalue weighted by Gasteiger charge is -2.38. The van der Waals surface area contributed by atoms with Gasteiger partial charge in [0, 0.05) is 44.5 Å². The minimum atomic E-state index is -3.67. The standard InChI is InChI=1S/C26H34FN3O4S/c1-19-7-10-24(20-5-3-2-4-6-20)35(32,33)30(19)18-21-8-9-22(17-23(21)27)26(11-15-34-16-12-26)25(31)29-14-13-28/h2-6,8-9,17,19,24H,7,10-16,18,28H2,1H3,(H,29,31)/t19-,24+/m0/s1. The number of hydrogen-bond acceptors (Lipinski definition) is 5. The molecule has 4 rings (SSSR count). The number of hydrogen-bond donors (Lipinski definition) is 2. The zero-order chi connectivity index (χ0) is 25.1. The van der Waals surface area contributed by atoms with E-state index in [0.29, 0.717) is 63.1 Å². The maximum absolute atomic E-state index is 15.4. The zero-order valence-corrected chi connectivity index (χ0v) is 20.9. The van der Waals surface area contributed by atoms with Crippen LogP contribution in [0.2, 0.25) is 0 Å². The van der Waals surface area contributed by atoms with Crippen molar-refractivity contribution >= 4 is 15.9 Å². The van der Waals surface area contributed by atoms with Crippen LogP contribution < -0.4 is 11.1 Å². The second-order valence-corrected chi connectivity index (χ2v) is 11.5. The molecule has 2 aromatic carbocycles. The van der Waals surface area contributed by atoms with Crippen LogP contribution in [-0.4, -0.2) is 51.0 Å². The van der Waals surface area contributed by atoms with E-state index in [2.05, 4.69) is 5.32 Å². The van der Waals surface area contributed by atoms with Gasteiger partial charge in [-0.2, -0.15) is 4.31 Å². The van der Waals surface area contributed by atoms with Gasteiger partial charge in [-0.25, -0.2) is 12.8 Å². The van der Waals surface area contributed by atoms with Crippen molar-refractivity contribution in [2.24, 2.45) is 5.73 Å². The van der Waals surface area contributed by atoms with Crippen molar-refractivity contribution in [3.8, 4) is 0 Å². The van der Waals surface area contributed by atoms with Crippen LogP contribution in [0.25, 0.3) is 0 Å². The summed E-state index contributed by atoms with van der Waals surface area (Å²) in [6.07, 6.45) is 2.12. The first kappa shape index (κ1) is 25.8. The molecule has 0 saturated carbocycles. The molecular weight excluding hydrogens is 469 g/mol. The van der Waals surface area contributed by atoms with Crippen LogP contribution in [0.3, 0.4) is 0 Å². The van der Waals surface area contributed by atoms with E-state index in [0.717, 1.165) is 5.56 Å². The van der Waals surface area contributed by atoms with Gasteiger partial charge >= 0.3 is 0 Å². The average molecular weight is 504 g/mol. The molecule has 2 aromatic rings. The highest BCUT2D eigenvalue weighted by atomic mass is 32.2. The number of amides is 1. The summed E-state index contributed by atoms with van der Waals surface area (Å²) in [4.78, 5) is 13.1. The highest BCUT2D eigenvalue weighted by molar-refractivity contribution is 7.89. The smallest absolute Gasteiger partial charge is 0.230 e. The molecule has 0 aromatic heterocycles. The fourth-order valence-electron chi connectivity index (χ4n) is 5.21. The van der Waals surface area contributed by atoms with Crippen LogP contribution in [-0.2, 0) is 31.5 Å². The van der Waals surface area contributed by atoms with Gasteiger partial charge in [-0.3, -0.25) is 4.79 Å². The van der Waals surface area contributed by atoms with Crippen LogP contribution in [0, 0.1) is 5.82 Å². The maximum atomic E-state index is 15.4. The largest absolute Gasteiger partial charge is 0.381 e. The summed E-state index contributed by atoms with van der Waals surface area (Å²) in [7, 11) is -3.67. The Balaban J connectivity index is 1.61. The lowest BCUT2D eigenvalue weighted by atomic mass is 9.73. The number of rotatable bonds is 7. The second kappa shape index (κ2) is 10.7. The number of nitrogens with two attached hydrogens (primary N) is 1. The van der Waals surface area contributed by atoms with Crippen molar-refractivity contribution in [2.45, 2.75) is 55.9 Å². The SMILES string of the molecule is C[C@H]1CC[C@H](c2ccccc2)S(=O)(=O)N1Cc1ccc(C2(C(=O)NCCN)CCOCC2)cc1F. The molecule has 0 unspecified atom stereocenters. The number of halogens is 1. The molecule has 7 nitrogen and oxygen atoms in total. The van der Waals surface area contributed by atoms with Crippen molar-refractivity contribution in [1.29, 1.82) is 0 Å². The Hall–Kier alpha value is -2.33. The highest BCUT2D eigenvalue weighted by Crippen LogP contribution is 2.39. The van der Waals surface area contributed by atoms with Gasteiger partial charge in [-0.1, -0.05) is 42.5 Å². The second-order valence-electron chi connectivity index (χ2n) is 9.46. The van der Waals surface area contributed by atoms with Gasteiger partial charge in [0.15, 0.2) is 0 Å². The van der Waals surface area contributed by atoms with Crippen LogP contribution in [0.5, 0.6) is 0 Å². The molecule has 35 heavy (non-hydrogen) atoms. The number of sulfonamides is 1. The lowest BCUT2D eigenvalue weighted by molar-refractivity contribution is -0.130. The van der Waals surface area contributed by atoms with Crippen molar-refractivity contribution < 1.29 is 22.3 Å². The molecule has 190 valence electrons. The molecule has 0 bridgehead atoms. The molecule has 2 heterocycles. The van der Waals surface area contributed by atoms with Crippen LogP contribution in [0.1, 0.15) is 54.5 Å². The monoisotopic (exact) mass is 503 g/mol. The number of nitrogens with zero attached hydrogens (tertiary/aromatic N) is 1. The van der Waals surface area contributed by atoms with Gasteiger partial charge < -0.3 is 15.8 Å². The van der Waals surface area contributed by atoms with Gasteiger partial charge in [-0.05, 0) is 49.8 Å². The number of carbonyl (C=O) groups excluding carboxylic acids is 1. The Bertz CT molecular complexity index is 1140. The summed E-state index contributed by atoms with van der Waals surface area (Å²) in [5.74, 6) is -0.694. The minimum Gasteiger partial charge on any atom is -0.381 e. The number of nitrogens with one attached hydrogen (secondary N) is 1. The van der Waals surface area contributed by atoms with Crippen molar-refractivity contribution in [1.82, 2.24) is 9.62 Å². The summed E-state index contributed by atoms with van der Waals surface area (Å²) in [6, 6.07) is 13.7. The third-order valence-corrected chi connectivity index (χ3v) is 9.71. The van der Waals surface area contributed by atoms with E-state index >= 15 is 4.39 Å². The Morgan fingerprint density at radius 1 is 1.17 bits per heavy atom. The summed E-state index contributed by atoms with van der Waals surface area (Å²) < 4.78 is 49.4. The van der Waals surface area contributed by atoms with E-state index in [-0.39, 0.29) is 18.5 Å². The number of carbonyl (C=O) groups is 1. The maximum Gasteiger partial charge on any atom is 0.230 e. The molecule has 9 heteroatoms. The van der Waals surface area contributed by atoms with Crippen LogP contribution in [0.15, 0.2) is 48.5 Å². The molecule has 1 amide bonds. The molecule has 2 aliphatic rings. The topological polar surface area (TPSA) is 102 Å². The average Bonchev–Trinajstić information content (AvgIpc) is 2.86. The highest BCUT2D eigenvalue weighted by Gasteiger charge is 2.43. The molecule has 2 atom stereocenters. The van der Waals surface area contributed by atoms with Crippen LogP contribution >= 0.6 is 0 Å². The first-order valence-corrected chi connectivity index (χ1v) is 13.7. The van der Waals surface area contributed by atoms with Crippen LogP contribution in [0.4, 0.5) is 4.39 Å². The lowest BCUT2D eigenvalue weighted by Crippen LogP contribution is -2.49. The Morgan fingerprint density at radius 2 is 1.89 bits per heavy atom. The number of ether oxygens (including phenoxy) is 1. The summed E-state index contributed by atoms with van der Waals surface area (Å²) in [5.41, 5.74) is 6.28. The molecule has 2 aliphatic heterocycles. The Morgan fingerprint density at radius 3 is 2.54 bits per heavy atom. The number of benzene rings is 2. The zero-order valence-electron chi connectivity index (χ0n) is 20.1. The summed E-state index contributed by atoms with van der Waals surface area (Å²) in [5, 5.41) is 2.21. The van der Waals surface area contributed by atoms with Crippen molar-refractivity contribution in [2.75, 3.05) is 26.3 Å². The molecule has 0 aliphatic carbocycles. The minimum absolute atomic E-state index is 0.0472.